The van der Waals surface area contributed by atoms with Gasteiger partial charge in [0.15, 0.2) is 6.19 Å². The molecule has 0 aliphatic carbocycles. The van der Waals surface area contributed by atoms with Gasteiger partial charge in [0.25, 0.3) is 0 Å². The van der Waals surface area contributed by atoms with E-state index in [0.717, 1.165) is 83.3 Å². The Morgan fingerprint density at radius 2 is 1.10 bits per heavy atom. The summed E-state index contributed by atoms with van der Waals surface area (Å²) >= 11 is 6.57. The van der Waals surface area contributed by atoms with Gasteiger partial charge in [-0.3, -0.25) is 4.90 Å². The first-order valence-corrected chi connectivity index (χ1v) is 19.2. The van der Waals surface area contributed by atoms with E-state index in [1.165, 1.54) is 37.3 Å². The van der Waals surface area contributed by atoms with Crippen LogP contribution in [0.4, 0.5) is 11.4 Å². The van der Waals surface area contributed by atoms with E-state index >= 15 is 0 Å². The SMILES string of the molecule is CCc1nc2c(-c3ccc(-c4ccc(N(C)C#N)cc4)s3)c3nsnc3c(-c3cc4sc(-c5ccc(N(C)C)cc5)cc4s3)c2nc1CC. The number of aromatic nitrogens is 4. The summed E-state index contributed by atoms with van der Waals surface area (Å²) in [5, 5.41) is 9.28. The van der Waals surface area contributed by atoms with Crippen LogP contribution < -0.4 is 9.80 Å². The smallest absolute Gasteiger partial charge is 0.183 e. The molecule has 0 saturated carbocycles. The molecule has 0 aliphatic rings. The molecule has 5 heterocycles. The Morgan fingerprint density at radius 3 is 1.67 bits per heavy atom. The van der Waals surface area contributed by atoms with Crippen LogP contribution in [0.25, 0.3) is 73.2 Å². The van der Waals surface area contributed by atoms with Gasteiger partial charge < -0.3 is 4.90 Å². The Morgan fingerprint density at radius 1 is 0.592 bits per heavy atom. The maximum atomic E-state index is 9.28. The number of rotatable bonds is 8. The zero-order valence-corrected chi connectivity index (χ0v) is 30.9. The molecule has 0 bridgehead atoms. The van der Waals surface area contributed by atoms with Crippen molar-refractivity contribution in [3.8, 4) is 48.0 Å². The summed E-state index contributed by atoms with van der Waals surface area (Å²) < 4.78 is 12.3. The van der Waals surface area contributed by atoms with Crippen LogP contribution in [-0.4, -0.2) is 39.9 Å². The fraction of sp³-hybridized carbons (Fsp3) is 0.184. The molecule has 0 saturated heterocycles. The van der Waals surface area contributed by atoms with Gasteiger partial charge in [-0.1, -0.05) is 38.1 Å². The molecule has 5 aromatic heterocycles. The van der Waals surface area contributed by atoms with Crippen molar-refractivity contribution < 1.29 is 0 Å². The number of nitrogens with zero attached hydrogens (tertiary/aromatic N) is 7. The van der Waals surface area contributed by atoms with Crippen LogP contribution in [-0.2, 0) is 12.8 Å². The topological polar surface area (TPSA) is 81.8 Å². The van der Waals surface area contributed by atoms with Gasteiger partial charge in [0.05, 0.1) is 28.8 Å². The Bertz CT molecular complexity index is 2500. The monoisotopic (exact) mass is 713 g/mol. The molecule has 49 heavy (non-hydrogen) atoms. The molecule has 8 rings (SSSR count). The molecular weight excluding hydrogens is 683 g/mol. The number of fused-ring (bicyclic) bond motifs is 3. The lowest BCUT2D eigenvalue weighted by molar-refractivity contribution is 0.931. The van der Waals surface area contributed by atoms with E-state index in [1.54, 1.807) is 34.6 Å². The average molecular weight is 714 g/mol. The van der Waals surface area contributed by atoms with Crippen LogP contribution in [0.2, 0.25) is 0 Å². The quantitative estimate of drug-likeness (QED) is 0.114. The summed E-state index contributed by atoms with van der Waals surface area (Å²) in [5.41, 5.74) is 11.9. The van der Waals surface area contributed by atoms with Crippen LogP contribution in [0.1, 0.15) is 25.2 Å². The molecule has 11 heteroatoms. The second kappa shape index (κ2) is 12.6. The molecule has 0 amide bonds. The Hall–Kier alpha value is -4.73. The first-order chi connectivity index (χ1) is 23.9. The molecule has 0 N–H and O–H groups in total. The molecule has 0 fully saturated rings. The highest BCUT2D eigenvalue weighted by Gasteiger charge is 2.26. The highest BCUT2D eigenvalue weighted by atomic mass is 32.1. The van der Waals surface area contributed by atoms with Crippen molar-refractivity contribution in [3.05, 3.63) is 84.2 Å². The Labute approximate surface area is 300 Å². The van der Waals surface area contributed by atoms with Crippen molar-refractivity contribution >= 4 is 88.6 Å². The van der Waals surface area contributed by atoms with Crippen molar-refractivity contribution in [1.82, 2.24) is 18.7 Å². The third-order valence-electron chi connectivity index (χ3n) is 8.82. The molecule has 8 aromatic rings. The molecule has 242 valence electrons. The molecule has 0 unspecified atom stereocenters. The molecule has 3 aromatic carbocycles. The minimum atomic E-state index is 0.806. The summed E-state index contributed by atoms with van der Waals surface area (Å²) in [7, 11) is 5.89. The van der Waals surface area contributed by atoms with Crippen LogP contribution in [0.5, 0.6) is 0 Å². The van der Waals surface area contributed by atoms with E-state index in [1.807, 2.05) is 23.5 Å². The maximum Gasteiger partial charge on any atom is 0.183 e. The van der Waals surface area contributed by atoms with Crippen LogP contribution in [0.3, 0.4) is 0 Å². The van der Waals surface area contributed by atoms with Gasteiger partial charge in [0.2, 0.25) is 0 Å². The zero-order valence-electron chi connectivity index (χ0n) is 27.6. The van der Waals surface area contributed by atoms with Crippen molar-refractivity contribution in [1.29, 1.82) is 5.26 Å². The number of benzene rings is 3. The lowest BCUT2D eigenvalue weighted by Gasteiger charge is -2.13. The van der Waals surface area contributed by atoms with E-state index in [9.17, 15) is 5.26 Å². The van der Waals surface area contributed by atoms with Gasteiger partial charge in [0.1, 0.15) is 22.1 Å². The van der Waals surface area contributed by atoms with Gasteiger partial charge in [-0.15, -0.1) is 34.0 Å². The molecule has 0 aliphatic heterocycles. The normalized spacial score (nSPS) is 11.5. The molecule has 0 atom stereocenters. The second-order valence-electron chi connectivity index (χ2n) is 12.0. The number of anilines is 2. The number of thiophene rings is 3. The van der Waals surface area contributed by atoms with Crippen LogP contribution >= 0.6 is 45.7 Å². The van der Waals surface area contributed by atoms with Crippen molar-refractivity contribution in [3.63, 3.8) is 0 Å². The van der Waals surface area contributed by atoms with Crippen molar-refractivity contribution in [2.75, 3.05) is 30.9 Å². The summed E-state index contributed by atoms with van der Waals surface area (Å²) in [6.45, 7) is 4.30. The van der Waals surface area contributed by atoms with Gasteiger partial charge in [-0.2, -0.15) is 14.0 Å². The third-order valence-corrected chi connectivity index (χ3v) is 12.9. The van der Waals surface area contributed by atoms with Gasteiger partial charge in [-0.05, 0) is 72.5 Å². The fourth-order valence-electron chi connectivity index (χ4n) is 6.19. The summed E-state index contributed by atoms with van der Waals surface area (Å²) in [6.07, 6.45) is 3.78. The van der Waals surface area contributed by atoms with Crippen LogP contribution in [0, 0.1) is 11.5 Å². The summed E-state index contributed by atoms with van der Waals surface area (Å²) in [5.74, 6) is 0. The zero-order chi connectivity index (χ0) is 33.8. The summed E-state index contributed by atoms with van der Waals surface area (Å²) in [6, 6.07) is 25.8. The molecule has 0 spiro atoms. The predicted molar refractivity (Wildman–Crippen MR) is 210 cm³/mol. The lowest BCUT2D eigenvalue weighted by atomic mass is 10.0. The van der Waals surface area contributed by atoms with Gasteiger partial charge in [0, 0.05) is 66.9 Å². The minimum Gasteiger partial charge on any atom is -0.378 e. The van der Waals surface area contributed by atoms with E-state index in [2.05, 4.69) is 99.7 Å². The standard InChI is InChI=1S/C38H31N7S4/c1-6-25-26(7-2)41-36-34(32-19-31-30(48-32)18-29(47-31)22-8-12-23(13-9-22)44(3)4)38-37(42-49-43-38)33(35(36)40-25)28-17-16-27(46-28)21-10-14-24(15-11-21)45(5)20-39/h8-19H,6-7H2,1-5H3. The van der Waals surface area contributed by atoms with Crippen molar-refractivity contribution in [2.24, 2.45) is 0 Å². The minimum absolute atomic E-state index is 0.806. The van der Waals surface area contributed by atoms with Crippen LogP contribution in [0.15, 0.2) is 72.8 Å². The molecule has 0 radical (unpaired) electrons. The number of hydrogen-bond acceptors (Lipinski definition) is 11. The first-order valence-electron chi connectivity index (χ1n) is 16.0. The first kappa shape index (κ1) is 31.5. The average Bonchev–Trinajstić information content (AvgIpc) is 3.95. The summed E-state index contributed by atoms with van der Waals surface area (Å²) in [4.78, 5) is 19.0. The number of hydrogen-bond donors (Lipinski definition) is 0. The fourth-order valence-corrected chi connectivity index (χ4v) is 10.3. The highest BCUT2D eigenvalue weighted by Crippen LogP contribution is 2.49. The maximum absolute atomic E-state index is 9.28. The predicted octanol–water partition coefficient (Wildman–Crippen LogP) is 10.7. The third kappa shape index (κ3) is 5.45. The Balaban J connectivity index is 1.28. The number of aryl methyl sites for hydroxylation is 2. The van der Waals surface area contributed by atoms with E-state index in [-0.39, 0.29) is 0 Å². The van der Waals surface area contributed by atoms with E-state index in [0.29, 0.717) is 0 Å². The van der Waals surface area contributed by atoms with E-state index in [4.69, 9.17) is 18.7 Å². The van der Waals surface area contributed by atoms with Gasteiger partial charge in [-0.25, -0.2) is 9.97 Å². The Kier molecular flexibility index (Phi) is 8.12. The largest absolute Gasteiger partial charge is 0.378 e. The van der Waals surface area contributed by atoms with E-state index < -0.39 is 0 Å². The lowest BCUT2D eigenvalue weighted by Crippen LogP contribution is -2.07. The molecule has 7 nitrogen and oxygen atoms in total. The molecular formula is C38H31N7S4. The highest BCUT2D eigenvalue weighted by molar-refractivity contribution is 7.31. The van der Waals surface area contributed by atoms with Gasteiger partial charge >= 0.3 is 0 Å². The number of nitriles is 1. The second-order valence-corrected chi connectivity index (χ2v) is 15.8. The van der Waals surface area contributed by atoms with Crippen molar-refractivity contribution in [2.45, 2.75) is 26.7 Å².